The van der Waals surface area contributed by atoms with Crippen molar-refractivity contribution < 1.29 is 47.8 Å². The van der Waals surface area contributed by atoms with Gasteiger partial charge in [0.15, 0.2) is 0 Å². The van der Waals surface area contributed by atoms with E-state index >= 15 is 0 Å². The van der Waals surface area contributed by atoms with Crippen molar-refractivity contribution in [1.29, 1.82) is 0 Å². The lowest BCUT2D eigenvalue weighted by molar-refractivity contribution is -0.153. The van der Waals surface area contributed by atoms with Gasteiger partial charge in [0.05, 0.1) is 26.4 Å². The molecule has 0 amide bonds. The Balaban J connectivity index is 4.30. The predicted molar refractivity (Wildman–Crippen MR) is 76.2 cm³/mol. The maximum Gasteiger partial charge on any atom is 0.472 e. The number of hydrogen-bond acceptors (Lipinski definition) is 9. The Morgan fingerprint density at radius 2 is 1.52 bits per heavy atom. The van der Waals surface area contributed by atoms with Crippen molar-refractivity contribution in [3.05, 3.63) is 0 Å². The first-order chi connectivity index (χ1) is 10.7. The number of aliphatic hydroxyl groups excluding tert-OH is 2. The van der Waals surface area contributed by atoms with Crippen molar-refractivity contribution in [2.75, 3.05) is 26.4 Å². The van der Waals surface area contributed by atoms with E-state index in [-0.39, 0.29) is 6.42 Å². The van der Waals surface area contributed by atoms with E-state index < -0.39 is 58.4 Å². The molecule has 0 aromatic heterocycles. The molecular weight excluding hydrogens is 335 g/mol. The number of esters is 2. The highest BCUT2D eigenvalue weighted by molar-refractivity contribution is 7.47. The Hall–Kier alpha value is -1.03. The lowest BCUT2D eigenvalue weighted by Gasteiger charge is -2.19. The fourth-order valence-electron chi connectivity index (χ4n) is 1.32. The summed E-state index contributed by atoms with van der Waals surface area (Å²) in [6.45, 7) is 0.548. The normalized spacial score (nSPS) is 16.2. The zero-order chi connectivity index (χ0) is 17.9. The molecule has 11 heteroatoms. The minimum atomic E-state index is -4.53. The highest BCUT2D eigenvalue weighted by atomic mass is 31.2. The van der Waals surface area contributed by atoms with Crippen LogP contribution in [-0.4, -0.2) is 65.7 Å². The van der Waals surface area contributed by atoms with Crippen LogP contribution in [0.25, 0.3) is 0 Å². The third-order valence-electron chi connectivity index (χ3n) is 2.34. The van der Waals surface area contributed by atoms with E-state index in [4.69, 9.17) is 14.9 Å². The summed E-state index contributed by atoms with van der Waals surface area (Å²) in [6.07, 6.45) is -1.53. The second-order valence-electron chi connectivity index (χ2n) is 4.52. The standard InChI is InChI=1S/C12H23O10P/c1-3-4-12(16)22-11(6-14)8-20-23(17,18)19-7-10(5-13)21-9(2)15/h10-11,13-14H,3-8H2,1-2H3,(H,17,18). The molecule has 3 unspecified atom stereocenters. The van der Waals surface area contributed by atoms with Crippen LogP contribution in [0.3, 0.4) is 0 Å². The average molecular weight is 358 g/mol. The summed E-state index contributed by atoms with van der Waals surface area (Å²) in [6, 6.07) is 0. The fraction of sp³-hybridized carbons (Fsp3) is 0.833. The molecule has 0 saturated carbocycles. The molecule has 3 atom stereocenters. The van der Waals surface area contributed by atoms with E-state index in [1.165, 1.54) is 0 Å². The quantitative estimate of drug-likeness (QED) is 0.315. The van der Waals surface area contributed by atoms with Gasteiger partial charge >= 0.3 is 19.8 Å². The van der Waals surface area contributed by atoms with Gasteiger partial charge in [-0.15, -0.1) is 0 Å². The van der Waals surface area contributed by atoms with Gasteiger partial charge in [0, 0.05) is 13.3 Å². The van der Waals surface area contributed by atoms with E-state index in [0.717, 1.165) is 6.92 Å². The smallest absolute Gasteiger partial charge is 0.458 e. The van der Waals surface area contributed by atoms with Crippen LogP contribution in [0.15, 0.2) is 0 Å². The SMILES string of the molecule is CCCC(=O)OC(CO)COP(=O)(O)OCC(CO)OC(C)=O. The van der Waals surface area contributed by atoms with E-state index in [1.54, 1.807) is 6.92 Å². The number of carbonyl (C=O) groups excluding carboxylic acids is 2. The summed E-state index contributed by atoms with van der Waals surface area (Å²) in [5.41, 5.74) is 0. The monoisotopic (exact) mass is 358 g/mol. The van der Waals surface area contributed by atoms with Crippen LogP contribution in [0.1, 0.15) is 26.7 Å². The number of rotatable bonds is 12. The van der Waals surface area contributed by atoms with E-state index in [1.807, 2.05) is 0 Å². The molecule has 136 valence electrons. The van der Waals surface area contributed by atoms with Gasteiger partial charge in [0.2, 0.25) is 0 Å². The molecule has 0 spiro atoms. The van der Waals surface area contributed by atoms with Crippen molar-refractivity contribution in [3.8, 4) is 0 Å². The summed E-state index contributed by atoms with van der Waals surface area (Å²) in [4.78, 5) is 31.4. The molecule has 3 N–H and O–H groups in total. The van der Waals surface area contributed by atoms with Crippen LogP contribution >= 0.6 is 7.82 Å². The maximum atomic E-state index is 11.6. The fourth-order valence-corrected chi connectivity index (χ4v) is 2.11. The Kier molecular flexibility index (Phi) is 11.0. The topological polar surface area (TPSA) is 149 Å². The highest BCUT2D eigenvalue weighted by Gasteiger charge is 2.26. The summed E-state index contributed by atoms with van der Waals surface area (Å²) in [7, 11) is -4.53. The van der Waals surface area contributed by atoms with Crippen molar-refractivity contribution in [2.24, 2.45) is 0 Å². The Bertz CT molecular complexity index is 413. The summed E-state index contributed by atoms with van der Waals surface area (Å²) >= 11 is 0. The molecule has 0 rings (SSSR count). The first kappa shape index (κ1) is 22.0. The summed E-state index contributed by atoms with van der Waals surface area (Å²) in [5.74, 6) is -1.26. The van der Waals surface area contributed by atoms with E-state index in [9.17, 15) is 19.0 Å². The van der Waals surface area contributed by atoms with Crippen LogP contribution in [-0.2, 0) is 32.7 Å². The maximum absolute atomic E-state index is 11.6. The van der Waals surface area contributed by atoms with Gasteiger partial charge < -0.3 is 24.6 Å². The molecule has 0 fully saturated rings. The molecule has 0 radical (unpaired) electrons. The zero-order valence-corrected chi connectivity index (χ0v) is 13.9. The van der Waals surface area contributed by atoms with Gasteiger partial charge in [0.1, 0.15) is 12.2 Å². The predicted octanol–water partition coefficient (Wildman–Crippen LogP) is -0.252. The van der Waals surface area contributed by atoms with Gasteiger partial charge in [-0.05, 0) is 6.42 Å². The Morgan fingerprint density at radius 1 is 1.04 bits per heavy atom. The van der Waals surface area contributed by atoms with Crippen LogP contribution in [0.2, 0.25) is 0 Å². The second-order valence-corrected chi connectivity index (χ2v) is 5.97. The molecule has 23 heavy (non-hydrogen) atoms. The van der Waals surface area contributed by atoms with E-state index in [2.05, 4.69) is 13.8 Å². The first-order valence-corrected chi connectivity index (χ1v) is 8.43. The van der Waals surface area contributed by atoms with Crippen LogP contribution in [0, 0.1) is 0 Å². The number of phosphoric ester groups is 1. The number of phosphoric acid groups is 1. The molecular formula is C12H23O10P. The lowest BCUT2D eigenvalue weighted by Crippen LogP contribution is -2.28. The van der Waals surface area contributed by atoms with Crippen molar-refractivity contribution in [1.82, 2.24) is 0 Å². The first-order valence-electron chi connectivity index (χ1n) is 6.94. The molecule has 10 nitrogen and oxygen atoms in total. The van der Waals surface area contributed by atoms with Crippen molar-refractivity contribution in [2.45, 2.75) is 38.9 Å². The van der Waals surface area contributed by atoms with Gasteiger partial charge in [-0.2, -0.15) is 0 Å². The average Bonchev–Trinajstić information content (AvgIpc) is 2.47. The number of aliphatic hydroxyl groups is 2. The molecule has 0 heterocycles. The van der Waals surface area contributed by atoms with Gasteiger partial charge in [0.25, 0.3) is 0 Å². The van der Waals surface area contributed by atoms with Crippen molar-refractivity contribution >= 4 is 19.8 Å². The number of carbonyl (C=O) groups is 2. The second kappa shape index (κ2) is 11.5. The van der Waals surface area contributed by atoms with Gasteiger partial charge in [-0.25, -0.2) is 4.57 Å². The largest absolute Gasteiger partial charge is 0.472 e. The minimum Gasteiger partial charge on any atom is -0.458 e. The highest BCUT2D eigenvalue weighted by Crippen LogP contribution is 2.43. The zero-order valence-electron chi connectivity index (χ0n) is 13.0. The molecule has 0 saturated heterocycles. The van der Waals surface area contributed by atoms with Gasteiger partial charge in [-0.3, -0.25) is 18.6 Å². The number of hydrogen-bond donors (Lipinski definition) is 3. The molecule has 0 bridgehead atoms. The van der Waals surface area contributed by atoms with Crippen molar-refractivity contribution in [3.63, 3.8) is 0 Å². The third-order valence-corrected chi connectivity index (χ3v) is 3.29. The minimum absolute atomic E-state index is 0.143. The summed E-state index contributed by atoms with van der Waals surface area (Å²) < 4.78 is 30.2. The van der Waals surface area contributed by atoms with Crippen LogP contribution in [0.4, 0.5) is 0 Å². The molecule has 0 aliphatic carbocycles. The molecule has 0 aliphatic rings. The van der Waals surface area contributed by atoms with E-state index in [0.29, 0.717) is 6.42 Å². The lowest BCUT2D eigenvalue weighted by atomic mass is 10.3. The number of ether oxygens (including phenoxy) is 2. The Morgan fingerprint density at radius 3 is 1.91 bits per heavy atom. The molecule has 0 aromatic carbocycles. The summed E-state index contributed by atoms with van der Waals surface area (Å²) in [5, 5.41) is 18.0. The van der Waals surface area contributed by atoms with Crippen LogP contribution in [0.5, 0.6) is 0 Å². The molecule has 0 aliphatic heterocycles. The van der Waals surface area contributed by atoms with Crippen LogP contribution < -0.4 is 0 Å². The molecule has 0 aromatic rings. The third kappa shape index (κ3) is 11.2. The van der Waals surface area contributed by atoms with Gasteiger partial charge in [-0.1, -0.05) is 6.92 Å². The Labute approximate surface area is 133 Å².